The number of hydrogen-bond donors (Lipinski definition) is 4. The molecule has 0 spiro atoms. The fourth-order valence-electron chi connectivity index (χ4n) is 2.14. The molecule has 10 nitrogen and oxygen atoms in total. The predicted molar refractivity (Wildman–Crippen MR) is 72.9 cm³/mol. The van der Waals surface area contributed by atoms with Gasteiger partial charge in [0, 0.05) is 12.1 Å². The fourth-order valence-corrected chi connectivity index (χ4v) is 2.14. The Bertz CT molecular complexity index is 591. The number of carbonyl (C=O) groups excluding carboxylic acids is 1. The molecule has 1 heterocycles. The highest BCUT2D eigenvalue weighted by molar-refractivity contribution is 5.80. The van der Waals surface area contributed by atoms with E-state index in [0.717, 1.165) is 18.2 Å². The van der Waals surface area contributed by atoms with E-state index in [1.165, 1.54) is 0 Å². The first-order valence-corrected chi connectivity index (χ1v) is 6.59. The first-order chi connectivity index (χ1) is 10.9. The summed E-state index contributed by atoms with van der Waals surface area (Å²) in [6.45, 7) is -0.633. The molecule has 2 rings (SSSR count). The highest BCUT2D eigenvalue weighted by Crippen LogP contribution is 2.28. The lowest BCUT2D eigenvalue weighted by molar-refractivity contribution is -0.384. The van der Waals surface area contributed by atoms with Crippen molar-refractivity contribution < 1.29 is 39.6 Å². The van der Waals surface area contributed by atoms with Gasteiger partial charge in [0.2, 0.25) is 6.29 Å². The lowest BCUT2D eigenvalue weighted by atomic mass is 9.99. The highest BCUT2D eigenvalue weighted by atomic mass is 16.7. The lowest BCUT2D eigenvalue weighted by Crippen LogP contribution is -2.60. The van der Waals surface area contributed by atoms with Gasteiger partial charge in [0.15, 0.2) is 6.29 Å². The summed E-state index contributed by atoms with van der Waals surface area (Å²) in [5, 5.41) is 48.9. The minimum atomic E-state index is -1.65. The number of nitrogens with zero attached hydrogens (tertiary/aromatic N) is 1. The molecule has 0 aliphatic carbocycles. The van der Waals surface area contributed by atoms with Gasteiger partial charge in [0.25, 0.3) is 5.69 Å². The minimum Gasteiger partial charge on any atom is -0.461 e. The van der Waals surface area contributed by atoms with Crippen LogP contribution in [0.2, 0.25) is 0 Å². The summed E-state index contributed by atoms with van der Waals surface area (Å²) in [5.41, 5.74) is -0.482. The summed E-state index contributed by atoms with van der Waals surface area (Å²) in [7, 11) is 0. The van der Waals surface area contributed by atoms with Crippen LogP contribution in [0.3, 0.4) is 0 Å². The van der Waals surface area contributed by atoms with Gasteiger partial charge in [-0.25, -0.2) is 0 Å². The standard InChI is InChI=1S/C13H15NO9/c15-4-6-3-7(14(20)21)1-2-8(6)22-13-12(19)11(18)10(17)9(5-16)23-13/h1-4,9-13,16-19H,5H2/t9-,10+,11+,12-,13-/m1/s1. The number of rotatable bonds is 5. The van der Waals surface area contributed by atoms with E-state index < -0.39 is 42.2 Å². The molecule has 0 amide bonds. The summed E-state index contributed by atoms with van der Waals surface area (Å²) in [6, 6.07) is 3.21. The van der Waals surface area contributed by atoms with Crippen LogP contribution in [0, 0.1) is 10.1 Å². The zero-order valence-corrected chi connectivity index (χ0v) is 11.7. The van der Waals surface area contributed by atoms with Crippen LogP contribution in [0.15, 0.2) is 18.2 Å². The van der Waals surface area contributed by atoms with Gasteiger partial charge in [0.1, 0.15) is 30.2 Å². The maximum Gasteiger partial charge on any atom is 0.270 e. The van der Waals surface area contributed by atoms with Crippen molar-refractivity contribution in [2.24, 2.45) is 0 Å². The molecule has 0 radical (unpaired) electrons. The van der Waals surface area contributed by atoms with E-state index in [4.69, 9.17) is 14.6 Å². The molecule has 1 aromatic rings. The summed E-state index contributed by atoms with van der Waals surface area (Å²) in [6.07, 6.45) is -7.16. The Labute approximate surface area is 129 Å². The van der Waals surface area contributed by atoms with Crippen LogP contribution in [0.1, 0.15) is 10.4 Å². The summed E-state index contributed by atoms with van der Waals surface area (Å²) in [4.78, 5) is 21.0. The van der Waals surface area contributed by atoms with Crippen LogP contribution in [0.4, 0.5) is 5.69 Å². The van der Waals surface area contributed by atoms with Gasteiger partial charge in [-0.15, -0.1) is 0 Å². The number of non-ortho nitro benzene ring substituents is 1. The number of hydrogen-bond acceptors (Lipinski definition) is 9. The molecule has 0 unspecified atom stereocenters. The molecular weight excluding hydrogens is 314 g/mol. The van der Waals surface area contributed by atoms with Crippen LogP contribution in [-0.4, -0.2) is 68.9 Å². The Balaban J connectivity index is 2.23. The van der Waals surface area contributed by atoms with Gasteiger partial charge < -0.3 is 29.9 Å². The molecule has 1 saturated heterocycles. The summed E-state index contributed by atoms with van der Waals surface area (Å²) >= 11 is 0. The van der Waals surface area contributed by atoms with Crippen molar-refractivity contribution in [3.05, 3.63) is 33.9 Å². The van der Waals surface area contributed by atoms with E-state index >= 15 is 0 Å². The third kappa shape index (κ3) is 3.46. The van der Waals surface area contributed by atoms with Crippen LogP contribution in [-0.2, 0) is 4.74 Å². The van der Waals surface area contributed by atoms with E-state index in [1.54, 1.807) is 0 Å². The van der Waals surface area contributed by atoms with E-state index in [1.807, 2.05) is 0 Å². The highest BCUT2D eigenvalue weighted by Gasteiger charge is 2.44. The van der Waals surface area contributed by atoms with Crippen LogP contribution >= 0.6 is 0 Å². The Morgan fingerprint density at radius 3 is 2.52 bits per heavy atom. The normalized spacial score (nSPS) is 30.7. The van der Waals surface area contributed by atoms with Crippen LogP contribution in [0.5, 0.6) is 5.75 Å². The summed E-state index contributed by atoms with van der Waals surface area (Å²) < 4.78 is 10.4. The number of nitro benzene ring substituents is 1. The third-order valence-electron chi connectivity index (χ3n) is 3.42. The Morgan fingerprint density at radius 2 is 1.96 bits per heavy atom. The van der Waals surface area contributed by atoms with Gasteiger partial charge in [-0.1, -0.05) is 0 Å². The molecule has 1 aromatic carbocycles. The predicted octanol–water partition coefficient (Wildman–Crippen LogP) is -1.41. The first-order valence-electron chi connectivity index (χ1n) is 6.59. The molecule has 5 atom stereocenters. The number of nitro groups is 1. The van der Waals surface area contributed by atoms with E-state index in [0.29, 0.717) is 6.29 Å². The van der Waals surface area contributed by atoms with Crippen LogP contribution in [0.25, 0.3) is 0 Å². The first kappa shape index (κ1) is 17.2. The molecule has 1 aliphatic heterocycles. The van der Waals surface area contributed by atoms with Gasteiger partial charge >= 0.3 is 0 Å². The fraction of sp³-hybridized carbons (Fsp3) is 0.462. The molecule has 126 valence electrons. The molecule has 1 aliphatic rings. The number of benzene rings is 1. The van der Waals surface area contributed by atoms with Gasteiger partial charge in [0.05, 0.1) is 17.1 Å². The second kappa shape index (κ2) is 6.98. The molecule has 23 heavy (non-hydrogen) atoms. The third-order valence-corrected chi connectivity index (χ3v) is 3.42. The number of aldehydes is 1. The quantitative estimate of drug-likeness (QED) is 0.289. The number of aliphatic hydroxyl groups is 4. The van der Waals surface area contributed by atoms with Gasteiger partial charge in [-0.2, -0.15) is 0 Å². The molecule has 0 aromatic heterocycles. The van der Waals surface area contributed by atoms with E-state index in [9.17, 15) is 30.2 Å². The molecule has 0 saturated carbocycles. The van der Waals surface area contributed by atoms with Crippen molar-refractivity contribution >= 4 is 12.0 Å². The van der Waals surface area contributed by atoms with Crippen molar-refractivity contribution in [1.29, 1.82) is 0 Å². The maximum absolute atomic E-state index is 11.0. The van der Waals surface area contributed by atoms with Crippen molar-refractivity contribution in [2.75, 3.05) is 6.61 Å². The maximum atomic E-state index is 11.0. The summed E-state index contributed by atoms with van der Waals surface area (Å²) in [5.74, 6) is -0.116. The average molecular weight is 329 g/mol. The molecule has 4 N–H and O–H groups in total. The average Bonchev–Trinajstić information content (AvgIpc) is 2.55. The van der Waals surface area contributed by atoms with Gasteiger partial charge in [-0.05, 0) is 6.07 Å². The largest absolute Gasteiger partial charge is 0.461 e. The monoisotopic (exact) mass is 329 g/mol. The molecule has 10 heteroatoms. The zero-order chi connectivity index (χ0) is 17.1. The second-order valence-corrected chi connectivity index (χ2v) is 4.91. The van der Waals surface area contributed by atoms with Crippen molar-refractivity contribution in [1.82, 2.24) is 0 Å². The van der Waals surface area contributed by atoms with Gasteiger partial charge in [-0.3, -0.25) is 14.9 Å². The van der Waals surface area contributed by atoms with Crippen molar-refractivity contribution in [2.45, 2.75) is 30.7 Å². The molecule has 0 bridgehead atoms. The minimum absolute atomic E-state index is 0.116. The van der Waals surface area contributed by atoms with Crippen LogP contribution < -0.4 is 4.74 Å². The molecule has 1 fully saturated rings. The number of ether oxygens (including phenoxy) is 2. The van der Waals surface area contributed by atoms with E-state index in [-0.39, 0.29) is 17.0 Å². The van der Waals surface area contributed by atoms with E-state index in [2.05, 4.69) is 0 Å². The zero-order valence-electron chi connectivity index (χ0n) is 11.7. The number of aliphatic hydroxyl groups excluding tert-OH is 4. The number of carbonyl (C=O) groups is 1. The SMILES string of the molecule is O=Cc1cc([N+](=O)[O-])ccc1O[C@@H]1O[C@H](CO)[C@H](O)[C@H](O)[C@H]1O. The smallest absolute Gasteiger partial charge is 0.270 e. The molecular formula is C13H15NO9. The Morgan fingerprint density at radius 1 is 1.26 bits per heavy atom. The topological polar surface area (TPSA) is 160 Å². The Hall–Kier alpha value is -2.11. The van der Waals surface area contributed by atoms with Crippen molar-refractivity contribution in [3.63, 3.8) is 0 Å². The lowest BCUT2D eigenvalue weighted by Gasteiger charge is -2.39. The van der Waals surface area contributed by atoms with Crippen molar-refractivity contribution in [3.8, 4) is 5.75 Å². The second-order valence-electron chi connectivity index (χ2n) is 4.91. The Kier molecular flexibility index (Phi) is 5.23.